The summed E-state index contributed by atoms with van der Waals surface area (Å²) in [7, 11) is 0. The fourth-order valence-electron chi connectivity index (χ4n) is 3.76. The number of fused-ring (bicyclic) bond motifs is 1. The Bertz CT molecular complexity index is 934. The molecule has 0 radical (unpaired) electrons. The van der Waals surface area contributed by atoms with Crippen molar-refractivity contribution < 1.29 is 0 Å². The molecule has 1 aliphatic rings. The van der Waals surface area contributed by atoms with Gasteiger partial charge in [-0.3, -0.25) is 4.79 Å². The van der Waals surface area contributed by atoms with Gasteiger partial charge in [-0.2, -0.15) is 9.61 Å². The summed E-state index contributed by atoms with van der Waals surface area (Å²) in [5.74, 6) is 0.449. The quantitative estimate of drug-likeness (QED) is 0.734. The molecule has 2 heterocycles. The summed E-state index contributed by atoms with van der Waals surface area (Å²) in [5.41, 5.74) is 4.59. The van der Waals surface area contributed by atoms with Crippen molar-refractivity contribution in [2.24, 2.45) is 0 Å². The molecule has 124 valence electrons. The van der Waals surface area contributed by atoms with Crippen LogP contribution in [0.3, 0.4) is 0 Å². The molecule has 1 fully saturated rings. The van der Waals surface area contributed by atoms with Crippen molar-refractivity contribution in [3.63, 3.8) is 0 Å². The average Bonchev–Trinajstić information content (AvgIpc) is 2.93. The van der Waals surface area contributed by atoms with E-state index < -0.39 is 0 Å². The maximum Gasteiger partial charge on any atom is 0.274 e. The highest BCUT2D eigenvalue weighted by Gasteiger charge is 2.20. The maximum absolute atomic E-state index is 12.6. The summed E-state index contributed by atoms with van der Waals surface area (Å²) in [5, 5.41) is 5.14. The molecule has 1 saturated carbocycles. The van der Waals surface area contributed by atoms with Crippen LogP contribution in [0.2, 0.25) is 5.02 Å². The zero-order chi connectivity index (χ0) is 16.7. The first kappa shape index (κ1) is 15.5. The molecule has 4 rings (SSSR count). The number of aromatic amines is 1. The Morgan fingerprint density at radius 2 is 1.88 bits per heavy atom. The second-order valence-electron chi connectivity index (χ2n) is 6.63. The van der Waals surface area contributed by atoms with Gasteiger partial charge in [-0.05, 0) is 43.4 Å². The van der Waals surface area contributed by atoms with Crippen LogP contribution in [0.4, 0.5) is 0 Å². The van der Waals surface area contributed by atoms with Crippen molar-refractivity contribution in [2.75, 3.05) is 0 Å². The largest absolute Gasteiger partial charge is 0.343 e. The molecule has 24 heavy (non-hydrogen) atoms. The van der Waals surface area contributed by atoms with Gasteiger partial charge in [0.15, 0.2) is 0 Å². The number of aromatic nitrogens is 3. The van der Waals surface area contributed by atoms with Crippen LogP contribution < -0.4 is 5.56 Å². The van der Waals surface area contributed by atoms with Crippen LogP contribution in [-0.2, 0) is 0 Å². The van der Waals surface area contributed by atoms with Gasteiger partial charge in [-0.1, -0.05) is 43.0 Å². The van der Waals surface area contributed by atoms with Crippen molar-refractivity contribution in [3.05, 3.63) is 57.1 Å². The van der Waals surface area contributed by atoms with E-state index in [1.54, 1.807) is 6.07 Å². The first-order valence-corrected chi connectivity index (χ1v) is 8.90. The molecule has 5 heteroatoms. The van der Waals surface area contributed by atoms with E-state index in [9.17, 15) is 4.79 Å². The Kier molecular flexibility index (Phi) is 3.93. The Labute approximate surface area is 145 Å². The van der Waals surface area contributed by atoms with Gasteiger partial charge in [0, 0.05) is 22.3 Å². The van der Waals surface area contributed by atoms with Crippen LogP contribution in [-0.4, -0.2) is 14.6 Å². The molecular weight excluding hydrogens is 322 g/mol. The average molecular weight is 342 g/mol. The van der Waals surface area contributed by atoms with Gasteiger partial charge in [0.2, 0.25) is 0 Å². The Morgan fingerprint density at radius 1 is 1.17 bits per heavy atom. The third kappa shape index (κ3) is 2.65. The van der Waals surface area contributed by atoms with Gasteiger partial charge < -0.3 is 4.98 Å². The molecule has 2 aromatic heterocycles. The SMILES string of the molecule is Cc1nn2c(=O)cc(C3CCCCC3)[nH]c2c1-c1ccc(Cl)cc1. The minimum atomic E-state index is -0.0624. The molecule has 1 aliphatic carbocycles. The van der Waals surface area contributed by atoms with Gasteiger partial charge in [0.25, 0.3) is 5.56 Å². The number of rotatable bonds is 2. The van der Waals surface area contributed by atoms with Crippen LogP contribution in [0, 0.1) is 6.92 Å². The summed E-state index contributed by atoms with van der Waals surface area (Å²) >= 11 is 6.00. The highest BCUT2D eigenvalue weighted by atomic mass is 35.5. The van der Waals surface area contributed by atoms with E-state index in [2.05, 4.69) is 10.1 Å². The van der Waals surface area contributed by atoms with Crippen LogP contribution >= 0.6 is 11.6 Å². The second kappa shape index (κ2) is 6.10. The Balaban J connectivity index is 1.90. The molecule has 0 bridgehead atoms. The zero-order valence-electron chi connectivity index (χ0n) is 13.7. The third-order valence-corrected chi connectivity index (χ3v) is 5.24. The summed E-state index contributed by atoms with van der Waals surface area (Å²) < 4.78 is 1.48. The zero-order valence-corrected chi connectivity index (χ0v) is 14.4. The number of nitrogens with zero attached hydrogens (tertiary/aromatic N) is 2. The minimum absolute atomic E-state index is 0.0624. The summed E-state index contributed by atoms with van der Waals surface area (Å²) in [6.07, 6.45) is 6.07. The first-order valence-electron chi connectivity index (χ1n) is 8.52. The lowest BCUT2D eigenvalue weighted by atomic mass is 9.87. The van der Waals surface area contributed by atoms with E-state index in [4.69, 9.17) is 11.6 Å². The smallest absolute Gasteiger partial charge is 0.274 e. The molecule has 0 saturated heterocycles. The van der Waals surface area contributed by atoms with Gasteiger partial charge in [0.05, 0.1) is 5.69 Å². The van der Waals surface area contributed by atoms with Gasteiger partial charge in [0.1, 0.15) is 5.65 Å². The van der Waals surface area contributed by atoms with E-state index in [1.807, 2.05) is 31.2 Å². The van der Waals surface area contributed by atoms with Gasteiger partial charge >= 0.3 is 0 Å². The molecule has 0 aliphatic heterocycles. The molecule has 1 aromatic carbocycles. The monoisotopic (exact) mass is 341 g/mol. The lowest BCUT2D eigenvalue weighted by Gasteiger charge is -2.21. The topological polar surface area (TPSA) is 50.2 Å². The molecule has 3 aromatic rings. The number of halogens is 1. The molecule has 0 spiro atoms. The number of hydrogen-bond acceptors (Lipinski definition) is 2. The van der Waals surface area contributed by atoms with Crippen molar-refractivity contribution in [1.29, 1.82) is 0 Å². The number of benzene rings is 1. The summed E-state index contributed by atoms with van der Waals surface area (Å²) in [6, 6.07) is 9.39. The van der Waals surface area contributed by atoms with Crippen molar-refractivity contribution in [3.8, 4) is 11.1 Å². The lowest BCUT2D eigenvalue weighted by molar-refractivity contribution is 0.436. The Morgan fingerprint density at radius 3 is 2.58 bits per heavy atom. The molecule has 0 amide bonds. The second-order valence-corrected chi connectivity index (χ2v) is 7.06. The van der Waals surface area contributed by atoms with Crippen molar-refractivity contribution in [2.45, 2.75) is 44.9 Å². The molecule has 4 nitrogen and oxygen atoms in total. The molecule has 1 N–H and O–H groups in total. The maximum atomic E-state index is 12.6. The lowest BCUT2D eigenvalue weighted by Crippen LogP contribution is -2.18. The summed E-state index contributed by atoms with van der Waals surface area (Å²) in [6.45, 7) is 1.94. The molecule has 0 unspecified atom stereocenters. The number of aryl methyl sites for hydroxylation is 1. The van der Waals surface area contributed by atoms with Gasteiger partial charge in [-0.15, -0.1) is 0 Å². The van der Waals surface area contributed by atoms with E-state index in [0.29, 0.717) is 10.9 Å². The Hall–Kier alpha value is -2.07. The third-order valence-electron chi connectivity index (χ3n) is 4.99. The number of H-pyrrole nitrogens is 1. The number of hydrogen-bond donors (Lipinski definition) is 1. The van der Waals surface area contributed by atoms with E-state index >= 15 is 0 Å². The standard InChI is InChI=1S/C19H20ClN3O/c1-12-18(14-7-9-15(20)10-8-14)19-21-16(11-17(24)23(19)22-12)13-5-3-2-4-6-13/h7-11,13,21H,2-6H2,1H3. The van der Waals surface area contributed by atoms with Crippen LogP contribution in [0.5, 0.6) is 0 Å². The fraction of sp³-hybridized carbons (Fsp3) is 0.368. The first-order chi connectivity index (χ1) is 11.6. The van der Waals surface area contributed by atoms with Crippen LogP contribution in [0.15, 0.2) is 35.1 Å². The van der Waals surface area contributed by atoms with E-state index in [-0.39, 0.29) is 5.56 Å². The van der Waals surface area contributed by atoms with Crippen molar-refractivity contribution >= 4 is 17.2 Å². The predicted molar refractivity (Wildman–Crippen MR) is 96.8 cm³/mol. The highest BCUT2D eigenvalue weighted by molar-refractivity contribution is 6.30. The van der Waals surface area contributed by atoms with Gasteiger partial charge in [-0.25, -0.2) is 0 Å². The van der Waals surface area contributed by atoms with Crippen molar-refractivity contribution in [1.82, 2.24) is 14.6 Å². The van der Waals surface area contributed by atoms with Crippen LogP contribution in [0.25, 0.3) is 16.8 Å². The fourth-order valence-corrected chi connectivity index (χ4v) is 3.89. The highest BCUT2D eigenvalue weighted by Crippen LogP contribution is 2.33. The van der Waals surface area contributed by atoms with Crippen LogP contribution in [0.1, 0.15) is 49.4 Å². The summed E-state index contributed by atoms with van der Waals surface area (Å²) in [4.78, 5) is 16.1. The van der Waals surface area contributed by atoms with E-state index in [1.165, 1.54) is 23.8 Å². The molecule has 0 atom stereocenters. The molecular formula is C19H20ClN3O. The minimum Gasteiger partial charge on any atom is -0.343 e. The predicted octanol–water partition coefficient (Wildman–Crippen LogP) is 4.70. The number of nitrogens with one attached hydrogen (secondary N) is 1. The normalized spacial score (nSPS) is 15.9. The van der Waals surface area contributed by atoms with E-state index in [0.717, 1.165) is 41.0 Å².